The fourth-order valence-electron chi connectivity index (χ4n) is 2.31. The molecule has 0 spiro atoms. The lowest BCUT2D eigenvalue weighted by Gasteiger charge is -2.16. The van der Waals surface area contributed by atoms with Gasteiger partial charge in [-0.25, -0.2) is 0 Å². The van der Waals surface area contributed by atoms with Gasteiger partial charge in [0.25, 0.3) is 5.91 Å². The summed E-state index contributed by atoms with van der Waals surface area (Å²) in [6.45, 7) is 4.52. The smallest absolute Gasteiger partial charge is 0.260 e. The van der Waals surface area contributed by atoms with E-state index in [4.69, 9.17) is 4.74 Å². The second-order valence-corrected chi connectivity index (χ2v) is 6.66. The van der Waals surface area contributed by atoms with E-state index in [-0.39, 0.29) is 5.91 Å². The van der Waals surface area contributed by atoms with E-state index in [2.05, 4.69) is 24.4 Å². The first-order chi connectivity index (χ1) is 11.7. The number of benzene rings is 2. The summed E-state index contributed by atoms with van der Waals surface area (Å²) >= 11 is 1.81. The number of nitrogens with one attached hydrogen (secondary N) is 1. The van der Waals surface area contributed by atoms with Gasteiger partial charge in [-0.1, -0.05) is 55.5 Å². The highest BCUT2D eigenvalue weighted by Gasteiger charge is 2.15. The second kappa shape index (κ2) is 10.0. The number of carbonyl (C=O) groups is 1. The lowest BCUT2D eigenvalue weighted by Crippen LogP contribution is -2.37. The summed E-state index contributed by atoms with van der Waals surface area (Å²) in [5.41, 5.74) is 2.43. The SMILES string of the molecule is CCc1ccccc1O[C@@H](C)C(=O)NCCSCc1ccccc1. The van der Waals surface area contributed by atoms with Crippen molar-refractivity contribution in [3.8, 4) is 5.75 Å². The summed E-state index contributed by atoms with van der Waals surface area (Å²) in [6, 6.07) is 18.2. The molecule has 0 saturated heterocycles. The van der Waals surface area contributed by atoms with Crippen molar-refractivity contribution >= 4 is 17.7 Å². The number of thioether (sulfide) groups is 1. The van der Waals surface area contributed by atoms with Crippen LogP contribution in [0.5, 0.6) is 5.75 Å². The maximum Gasteiger partial charge on any atom is 0.260 e. The predicted molar refractivity (Wildman–Crippen MR) is 102 cm³/mol. The third kappa shape index (κ3) is 5.93. The molecule has 0 aliphatic rings. The molecule has 0 saturated carbocycles. The monoisotopic (exact) mass is 343 g/mol. The Morgan fingerprint density at radius 2 is 1.83 bits per heavy atom. The molecule has 4 heteroatoms. The Morgan fingerprint density at radius 3 is 2.58 bits per heavy atom. The van der Waals surface area contributed by atoms with Crippen molar-refractivity contribution < 1.29 is 9.53 Å². The Balaban J connectivity index is 1.68. The predicted octanol–water partition coefficient (Wildman–Crippen LogP) is 4.07. The van der Waals surface area contributed by atoms with Crippen molar-refractivity contribution in [1.29, 1.82) is 0 Å². The number of aryl methyl sites for hydroxylation is 1. The van der Waals surface area contributed by atoms with Gasteiger partial charge in [0.2, 0.25) is 0 Å². The van der Waals surface area contributed by atoms with Crippen LogP contribution in [0, 0.1) is 0 Å². The zero-order valence-electron chi connectivity index (χ0n) is 14.3. The van der Waals surface area contributed by atoms with E-state index in [1.165, 1.54) is 5.56 Å². The maximum atomic E-state index is 12.1. The van der Waals surface area contributed by atoms with Gasteiger partial charge >= 0.3 is 0 Å². The van der Waals surface area contributed by atoms with E-state index in [9.17, 15) is 4.79 Å². The molecule has 0 bridgehead atoms. The Bertz CT molecular complexity index is 631. The standard InChI is InChI=1S/C20H25NO2S/c1-3-18-11-7-8-12-19(18)23-16(2)20(22)21-13-14-24-15-17-9-5-4-6-10-17/h4-12,16H,3,13-15H2,1-2H3,(H,21,22)/t16-/m0/s1. The van der Waals surface area contributed by atoms with Crippen molar-refractivity contribution in [2.24, 2.45) is 0 Å². The molecule has 2 aromatic rings. The van der Waals surface area contributed by atoms with Crippen LogP contribution in [0.15, 0.2) is 54.6 Å². The van der Waals surface area contributed by atoms with Crippen molar-refractivity contribution in [2.45, 2.75) is 32.1 Å². The minimum atomic E-state index is -0.489. The van der Waals surface area contributed by atoms with Gasteiger partial charge in [-0.2, -0.15) is 11.8 Å². The van der Waals surface area contributed by atoms with E-state index in [0.717, 1.165) is 29.2 Å². The molecule has 0 heterocycles. The average molecular weight is 343 g/mol. The van der Waals surface area contributed by atoms with Gasteiger partial charge in [-0.3, -0.25) is 4.79 Å². The third-order valence-electron chi connectivity index (χ3n) is 3.68. The Kier molecular flexibility index (Phi) is 7.69. The van der Waals surface area contributed by atoms with Gasteiger partial charge in [-0.05, 0) is 30.5 Å². The van der Waals surface area contributed by atoms with E-state index >= 15 is 0 Å². The number of hydrogen-bond acceptors (Lipinski definition) is 3. The third-order valence-corrected chi connectivity index (χ3v) is 4.71. The van der Waals surface area contributed by atoms with Crippen molar-refractivity contribution in [3.05, 3.63) is 65.7 Å². The highest BCUT2D eigenvalue weighted by molar-refractivity contribution is 7.98. The number of ether oxygens (including phenoxy) is 1. The van der Waals surface area contributed by atoms with E-state index in [1.54, 1.807) is 6.92 Å². The van der Waals surface area contributed by atoms with Crippen LogP contribution < -0.4 is 10.1 Å². The van der Waals surface area contributed by atoms with Crippen LogP contribution in [-0.4, -0.2) is 24.3 Å². The molecule has 1 N–H and O–H groups in total. The van der Waals surface area contributed by atoms with Gasteiger partial charge in [0.15, 0.2) is 6.10 Å². The van der Waals surface area contributed by atoms with Crippen LogP contribution in [0.4, 0.5) is 0 Å². The number of hydrogen-bond donors (Lipinski definition) is 1. The molecule has 128 valence electrons. The van der Waals surface area contributed by atoms with E-state index in [0.29, 0.717) is 6.54 Å². The molecule has 0 radical (unpaired) electrons. The molecule has 24 heavy (non-hydrogen) atoms. The lowest BCUT2D eigenvalue weighted by atomic mass is 10.1. The highest BCUT2D eigenvalue weighted by atomic mass is 32.2. The quantitative estimate of drug-likeness (QED) is 0.698. The van der Waals surface area contributed by atoms with Crippen LogP contribution in [0.1, 0.15) is 25.0 Å². The minimum absolute atomic E-state index is 0.0683. The molecule has 2 rings (SSSR count). The summed E-state index contributed by atoms with van der Waals surface area (Å²) in [4.78, 5) is 12.1. The largest absolute Gasteiger partial charge is 0.481 e. The van der Waals surface area contributed by atoms with E-state index < -0.39 is 6.10 Å². The summed E-state index contributed by atoms with van der Waals surface area (Å²) in [5, 5.41) is 2.94. The van der Waals surface area contributed by atoms with Crippen molar-refractivity contribution in [1.82, 2.24) is 5.32 Å². The molecule has 1 amide bonds. The summed E-state index contributed by atoms with van der Waals surface area (Å²) in [7, 11) is 0. The summed E-state index contributed by atoms with van der Waals surface area (Å²) in [6.07, 6.45) is 0.400. The van der Waals surface area contributed by atoms with Crippen molar-refractivity contribution in [2.75, 3.05) is 12.3 Å². The molecular weight excluding hydrogens is 318 g/mol. The zero-order chi connectivity index (χ0) is 17.2. The summed E-state index contributed by atoms with van der Waals surface area (Å²) < 4.78 is 5.81. The van der Waals surface area contributed by atoms with Gasteiger partial charge in [0, 0.05) is 18.1 Å². The van der Waals surface area contributed by atoms with Crippen LogP contribution >= 0.6 is 11.8 Å². The van der Waals surface area contributed by atoms with Gasteiger partial charge in [0.1, 0.15) is 5.75 Å². The molecule has 1 atom stereocenters. The topological polar surface area (TPSA) is 38.3 Å². The Hall–Kier alpha value is -1.94. The number of para-hydroxylation sites is 1. The van der Waals surface area contributed by atoms with Gasteiger partial charge < -0.3 is 10.1 Å². The Labute approximate surface area is 148 Å². The second-order valence-electron chi connectivity index (χ2n) is 5.55. The average Bonchev–Trinajstić information content (AvgIpc) is 2.62. The number of amides is 1. The normalized spacial score (nSPS) is 11.8. The maximum absolute atomic E-state index is 12.1. The van der Waals surface area contributed by atoms with Crippen molar-refractivity contribution in [3.63, 3.8) is 0 Å². The molecule has 0 fully saturated rings. The van der Waals surface area contributed by atoms with Crippen LogP contribution in [0.25, 0.3) is 0 Å². The molecule has 2 aromatic carbocycles. The first kappa shape index (κ1) is 18.4. The fourth-order valence-corrected chi connectivity index (χ4v) is 3.13. The molecule has 0 aromatic heterocycles. The molecule has 0 unspecified atom stereocenters. The molecule has 0 aliphatic heterocycles. The summed E-state index contributed by atoms with van der Waals surface area (Å²) in [5.74, 6) is 2.58. The molecular formula is C20H25NO2S. The first-order valence-corrected chi connectivity index (χ1v) is 9.50. The van der Waals surface area contributed by atoms with Crippen LogP contribution in [-0.2, 0) is 17.0 Å². The number of rotatable bonds is 9. The van der Waals surface area contributed by atoms with Gasteiger partial charge in [-0.15, -0.1) is 0 Å². The number of carbonyl (C=O) groups excluding carboxylic acids is 1. The highest BCUT2D eigenvalue weighted by Crippen LogP contribution is 2.19. The van der Waals surface area contributed by atoms with E-state index in [1.807, 2.05) is 54.2 Å². The first-order valence-electron chi connectivity index (χ1n) is 8.34. The molecule has 3 nitrogen and oxygen atoms in total. The zero-order valence-corrected chi connectivity index (χ0v) is 15.1. The minimum Gasteiger partial charge on any atom is -0.481 e. The van der Waals surface area contributed by atoms with Crippen LogP contribution in [0.2, 0.25) is 0 Å². The van der Waals surface area contributed by atoms with Gasteiger partial charge in [0.05, 0.1) is 0 Å². The molecule has 0 aliphatic carbocycles. The van der Waals surface area contributed by atoms with Crippen LogP contribution in [0.3, 0.4) is 0 Å². The lowest BCUT2D eigenvalue weighted by molar-refractivity contribution is -0.127. The fraction of sp³-hybridized carbons (Fsp3) is 0.350. The Morgan fingerprint density at radius 1 is 1.12 bits per heavy atom.